The van der Waals surface area contributed by atoms with Gasteiger partial charge in [-0.3, -0.25) is 4.90 Å². The predicted molar refractivity (Wildman–Crippen MR) is 78.7 cm³/mol. The monoisotopic (exact) mass is 337 g/mol. The van der Waals surface area contributed by atoms with Crippen LogP contribution in [0.1, 0.15) is 20.3 Å². The number of rotatable bonds is 10. The van der Waals surface area contributed by atoms with Crippen molar-refractivity contribution in [3.63, 3.8) is 0 Å². The molecule has 0 N–H and O–H groups in total. The van der Waals surface area contributed by atoms with Gasteiger partial charge < -0.3 is 9.47 Å². The molecular weight excluding hydrogens is 315 g/mol. The van der Waals surface area contributed by atoms with Gasteiger partial charge in [0, 0.05) is 30.8 Å². The molecule has 0 aromatic carbocycles. The molecule has 0 aliphatic rings. The van der Waals surface area contributed by atoms with Crippen molar-refractivity contribution >= 4 is 11.9 Å². The van der Waals surface area contributed by atoms with Crippen LogP contribution in [-0.2, 0) is 19.1 Å². The third-order valence-electron chi connectivity index (χ3n) is 2.69. The molecule has 0 fully saturated rings. The number of carbonyl (C=O) groups excluding carboxylic acids is 2. The Labute approximate surface area is 133 Å². The van der Waals surface area contributed by atoms with Gasteiger partial charge in [0.1, 0.15) is 13.2 Å². The third-order valence-corrected chi connectivity index (χ3v) is 2.69. The van der Waals surface area contributed by atoms with Gasteiger partial charge in [-0.05, 0) is 13.8 Å². The molecule has 0 heterocycles. The highest BCUT2D eigenvalue weighted by Gasteiger charge is 2.27. The maximum atomic E-state index is 12.3. The van der Waals surface area contributed by atoms with Gasteiger partial charge in [-0.15, -0.1) is 0 Å². The van der Waals surface area contributed by atoms with Gasteiger partial charge in [-0.1, -0.05) is 13.2 Å². The van der Waals surface area contributed by atoms with Crippen molar-refractivity contribution in [1.82, 2.24) is 4.90 Å². The summed E-state index contributed by atoms with van der Waals surface area (Å²) < 4.78 is 46.6. The molecule has 5 nitrogen and oxygen atoms in total. The van der Waals surface area contributed by atoms with E-state index in [-0.39, 0.29) is 44.0 Å². The lowest BCUT2D eigenvalue weighted by atomic mass is 10.3. The Hall–Kier alpha value is -1.83. The third kappa shape index (κ3) is 11.4. The maximum Gasteiger partial charge on any atom is 0.390 e. The van der Waals surface area contributed by atoms with Crippen LogP contribution in [0.25, 0.3) is 0 Å². The van der Waals surface area contributed by atoms with Gasteiger partial charge in [-0.2, -0.15) is 13.2 Å². The molecule has 0 bridgehead atoms. The van der Waals surface area contributed by atoms with Crippen molar-refractivity contribution in [1.29, 1.82) is 0 Å². The average Bonchev–Trinajstić information content (AvgIpc) is 2.42. The molecular formula is C15H22F3NO4. The van der Waals surface area contributed by atoms with Gasteiger partial charge in [0.05, 0.1) is 6.42 Å². The van der Waals surface area contributed by atoms with E-state index in [0.29, 0.717) is 0 Å². The van der Waals surface area contributed by atoms with Gasteiger partial charge in [-0.25, -0.2) is 9.59 Å². The van der Waals surface area contributed by atoms with E-state index in [2.05, 4.69) is 13.2 Å². The molecule has 0 saturated carbocycles. The summed E-state index contributed by atoms with van der Waals surface area (Å²) in [5.74, 6) is -1.20. The van der Waals surface area contributed by atoms with E-state index < -0.39 is 24.5 Å². The van der Waals surface area contributed by atoms with Crippen LogP contribution in [0.2, 0.25) is 0 Å². The van der Waals surface area contributed by atoms with Crippen molar-refractivity contribution in [3.8, 4) is 0 Å². The van der Waals surface area contributed by atoms with Crippen molar-refractivity contribution in [2.45, 2.75) is 26.4 Å². The van der Waals surface area contributed by atoms with Crippen molar-refractivity contribution in [2.75, 3.05) is 32.8 Å². The van der Waals surface area contributed by atoms with Crippen molar-refractivity contribution in [3.05, 3.63) is 24.3 Å². The molecule has 0 aromatic heterocycles. The fraction of sp³-hybridized carbons (Fsp3) is 0.600. The van der Waals surface area contributed by atoms with E-state index in [1.807, 2.05) is 0 Å². The van der Waals surface area contributed by atoms with E-state index >= 15 is 0 Å². The predicted octanol–water partition coefficient (Wildman–Crippen LogP) is 2.48. The summed E-state index contributed by atoms with van der Waals surface area (Å²) in [4.78, 5) is 23.8. The lowest BCUT2D eigenvalue weighted by Crippen LogP contribution is -2.35. The molecule has 132 valence electrons. The maximum absolute atomic E-state index is 12.3. The van der Waals surface area contributed by atoms with Crippen molar-refractivity contribution < 1.29 is 32.2 Å². The Morgan fingerprint density at radius 2 is 1.30 bits per heavy atom. The second-order valence-electron chi connectivity index (χ2n) is 5.04. The van der Waals surface area contributed by atoms with Crippen molar-refractivity contribution in [2.24, 2.45) is 0 Å². The molecule has 0 unspecified atom stereocenters. The Morgan fingerprint density at radius 3 is 1.61 bits per heavy atom. The molecule has 8 heteroatoms. The summed E-state index contributed by atoms with van der Waals surface area (Å²) in [5.41, 5.74) is 0.421. The van der Waals surface area contributed by atoms with Crippen LogP contribution in [-0.4, -0.2) is 55.9 Å². The van der Waals surface area contributed by atoms with E-state index in [1.165, 1.54) is 18.7 Å². The minimum absolute atomic E-state index is 0.0714. The van der Waals surface area contributed by atoms with Crippen LogP contribution in [0.4, 0.5) is 13.2 Å². The quantitative estimate of drug-likeness (QED) is 0.453. The first kappa shape index (κ1) is 21.2. The summed E-state index contributed by atoms with van der Waals surface area (Å²) in [6.45, 7) is 9.53. The second-order valence-corrected chi connectivity index (χ2v) is 5.04. The Kier molecular flexibility index (Phi) is 9.24. The topological polar surface area (TPSA) is 55.8 Å². The first-order valence-electron chi connectivity index (χ1n) is 6.97. The molecule has 0 aliphatic carbocycles. The van der Waals surface area contributed by atoms with E-state index in [9.17, 15) is 22.8 Å². The van der Waals surface area contributed by atoms with Crippen LogP contribution in [0.3, 0.4) is 0 Å². The van der Waals surface area contributed by atoms with Gasteiger partial charge >= 0.3 is 18.1 Å². The van der Waals surface area contributed by atoms with Gasteiger partial charge in [0.2, 0.25) is 0 Å². The second kappa shape index (κ2) is 10.0. The average molecular weight is 337 g/mol. The number of esters is 2. The highest BCUT2D eigenvalue weighted by atomic mass is 19.4. The summed E-state index contributed by atoms with van der Waals surface area (Å²) >= 11 is 0. The number of nitrogens with zero attached hydrogens (tertiary/aromatic N) is 1. The number of hydrogen-bond donors (Lipinski definition) is 0. The highest BCUT2D eigenvalue weighted by Crippen LogP contribution is 2.19. The largest absolute Gasteiger partial charge is 0.461 e. The smallest absolute Gasteiger partial charge is 0.390 e. The summed E-state index contributed by atoms with van der Waals surface area (Å²) in [6, 6.07) is 0. The molecule has 0 amide bonds. The number of hydrogen-bond acceptors (Lipinski definition) is 5. The number of halogens is 3. The lowest BCUT2D eigenvalue weighted by molar-refractivity contribution is -0.144. The van der Waals surface area contributed by atoms with Crippen LogP contribution < -0.4 is 0 Å². The fourth-order valence-corrected chi connectivity index (χ4v) is 1.40. The van der Waals surface area contributed by atoms with E-state index in [0.717, 1.165) is 0 Å². The number of ether oxygens (including phenoxy) is 2. The minimum Gasteiger partial charge on any atom is -0.461 e. The van der Waals surface area contributed by atoms with Crippen LogP contribution in [0.15, 0.2) is 24.3 Å². The molecule has 23 heavy (non-hydrogen) atoms. The van der Waals surface area contributed by atoms with Gasteiger partial charge in [0.25, 0.3) is 0 Å². The van der Waals surface area contributed by atoms with Crippen LogP contribution in [0, 0.1) is 0 Å². The van der Waals surface area contributed by atoms with E-state index in [4.69, 9.17) is 9.47 Å². The highest BCUT2D eigenvalue weighted by molar-refractivity contribution is 5.87. The molecule has 0 radical (unpaired) electrons. The Morgan fingerprint density at radius 1 is 0.913 bits per heavy atom. The number of alkyl halides is 3. The number of carbonyl (C=O) groups is 2. The zero-order valence-corrected chi connectivity index (χ0v) is 13.4. The zero-order chi connectivity index (χ0) is 18.0. The zero-order valence-electron chi connectivity index (χ0n) is 13.4. The normalized spacial score (nSPS) is 11.2. The summed E-state index contributed by atoms with van der Waals surface area (Å²) in [7, 11) is 0. The molecule has 0 aliphatic heterocycles. The molecule has 0 spiro atoms. The first-order valence-corrected chi connectivity index (χ1v) is 6.97. The molecule has 0 saturated heterocycles. The Bertz CT molecular complexity index is 414. The summed E-state index contributed by atoms with van der Waals surface area (Å²) in [5, 5.41) is 0. The first-order chi connectivity index (χ1) is 10.5. The standard InChI is InChI=1S/C15H22F3NO4/c1-11(2)13(20)22-9-7-19(6-5-15(16,17)18)8-10-23-14(21)12(3)4/h1,3,5-10H2,2,4H3. The fourth-order valence-electron chi connectivity index (χ4n) is 1.40. The molecule has 0 atom stereocenters. The van der Waals surface area contributed by atoms with Crippen LogP contribution >= 0.6 is 0 Å². The molecule has 0 rings (SSSR count). The lowest BCUT2D eigenvalue weighted by Gasteiger charge is -2.22. The van der Waals surface area contributed by atoms with Crippen LogP contribution in [0.5, 0.6) is 0 Å². The SMILES string of the molecule is C=C(C)C(=O)OCCN(CCOC(=O)C(=C)C)CCC(F)(F)F. The Balaban J connectivity index is 4.33. The minimum atomic E-state index is -4.29. The molecule has 0 aromatic rings. The summed E-state index contributed by atoms with van der Waals surface area (Å²) in [6.07, 6.45) is -5.29. The van der Waals surface area contributed by atoms with Gasteiger partial charge in [0.15, 0.2) is 0 Å². The van der Waals surface area contributed by atoms with E-state index in [1.54, 1.807) is 0 Å².